The second kappa shape index (κ2) is 11.0. The molecular formula is C29H30ClFN4O4. The summed E-state index contributed by atoms with van der Waals surface area (Å²) < 4.78 is 29.7. The summed E-state index contributed by atoms with van der Waals surface area (Å²) in [6, 6.07) is 12.1. The highest BCUT2D eigenvalue weighted by atomic mass is 35.5. The molecule has 0 radical (unpaired) electrons. The van der Waals surface area contributed by atoms with Crippen LogP contribution in [0.4, 0.5) is 4.39 Å². The maximum absolute atomic E-state index is 14.1. The zero-order chi connectivity index (χ0) is 26.9. The van der Waals surface area contributed by atoms with Gasteiger partial charge in [0, 0.05) is 53.8 Å². The average Bonchev–Trinajstić information content (AvgIpc) is 3.45. The molecule has 3 aromatic heterocycles. The minimum absolute atomic E-state index is 0.0893. The van der Waals surface area contributed by atoms with E-state index in [2.05, 4.69) is 9.47 Å². The maximum Gasteiger partial charge on any atom is 0.337 e. The second-order valence-electron chi connectivity index (χ2n) is 10.3. The highest BCUT2D eigenvalue weighted by Crippen LogP contribution is 2.30. The molecule has 1 unspecified atom stereocenters. The number of pyridine rings is 1. The lowest BCUT2D eigenvalue weighted by Gasteiger charge is -2.32. The molecule has 1 aromatic carbocycles. The largest absolute Gasteiger partial charge is 0.478 e. The van der Waals surface area contributed by atoms with E-state index in [0.29, 0.717) is 22.4 Å². The number of likely N-dealkylation sites (tertiary alicyclic amines) is 1. The van der Waals surface area contributed by atoms with Crippen molar-refractivity contribution in [3.63, 3.8) is 0 Å². The SMILES string of the molecule is O=C(O)c1cc2n(CC3CCO3)c(CN3CCC(c4cccc(OCc5ccc(Cl)cc5F)n4)CC3)cn2c1. The molecule has 0 spiro atoms. The minimum atomic E-state index is -0.922. The van der Waals surface area contributed by atoms with Crippen molar-refractivity contribution in [2.45, 2.75) is 51.0 Å². The van der Waals surface area contributed by atoms with Crippen LogP contribution in [0.1, 0.15) is 52.5 Å². The summed E-state index contributed by atoms with van der Waals surface area (Å²) in [6.07, 6.45) is 6.84. The van der Waals surface area contributed by atoms with E-state index in [0.717, 1.165) is 69.1 Å². The summed E-state index contributed by atoms with van der Waals surface area (Å²) in [5.41, 5.74) is 3.75. The molecule has 2 saturated heterocycles. The number of aromatic carboxylic acids is 1. The number of benzene rings is 1. The Morgan fingerprint density at radius 3 is 2.69 bits per heavy atom. The summed E-state index contributed by atoms with van der Waals surface area (Å²) in [7, 11) is 0. The number of carboxylic acids is 1. The number of hydrogen-bond acceptors (Lipinski definition) is 5. The van der Waals surface area contributed by atoms with Crippen LogP contribution in [0.3, 0.4) is 0 Å². The molecule has 0 bridgehead atoms. The van der Waals surface area contributed by atoms with E-state index in [9.17, 15) is 14.3 Å². The topological polar surface area (TPSA) is 81.2 Å². The Morgan fingerprint density at radius 2 is 1.97 bits per heavy atom. The van der Waals surface area contributed by atoms with Crippen LogP contribution in [0.25, 0.3) is 5.65 Å². The van der Waals surface area contributed by atoms with Gasteiger partial charge in [-0.1, -0.05) is 23.7 Å². The molecule has 4 aromatic rings. The molecule has 1 N–H and O–H groups in total. The van der Waals surface area contributed by atoms with Gasteiger partial charge in [0.1, 0.15) is 18.1 Å². The van der Waals surface area contributed by atoms with Gasteiger partial charge in [0.05, 0.1) is 23.9 Å². The third-order valence-corrected chi connectivity index (χ3v) is 7.93. The van der Waals surface area contributed by atoms with Gasteiger partial charge in [-0.2, -0.15) is 0 Å². The first kappa shape index (κ1) is 25.9. The first-order chi connectivity index (χ1) is 18.9. The van der Waals surface area contributed by atoms with Crippen molar-refractivity contribution in [1.29, 1.82) is 0 Å². The molecule has 0 aliphatic carbocycles. The van der Waals surface area contributed by atoms with Crippen molar-refractivity contribution in [2.75, 3.05) is 19.7 Å². The third kappa shape index (κ3) is 5.66. The van der Waals surface area contributed by atoms with Crippen LogP contribution in [-0.2, 0) is 24.4 Å². The lowest BCUT2D eigenvalue weighted by atomic mass is 9.93. The Balaban J connectivity index is 1.09. The van der Waals surface area contributed by atoms with E-state index >= 15 is 0 Å². The normalized spacial score (nSPS) is 18.4. The van der Waals surface area contributed by atoms with Crippen LogP contribution < -0.4 is 4.74 Å². The second-order valence-corrected chi connectivity index (χ2v) is 10.7. The van der Waals surface area contributed by atoms with E-state index in [-0.39, 0.29) is 18.3 Å². The van der Waals surface area contributed by atoms with Gasteiger partial charge in [-0.3, -0.25) is 4.90 Å². The van der Waals surface area contributed by atoms with Crippen molar-refractivity contribution >= 4 is 23.2 Å². The first-order valence-electron chi connectivity index (χ1n) is 13.2. The fourth-order valence-electron chi connectivity index (χ4n) is 5.40. The number of nitrogens with zero attached hydrogens (tertiary/aromatic N) is 4. The molecular weight excluding hydrogens is 523 g/mol. The van der Waals surface area contributed by atoms with Crippen LogP contribution >= 0.6 is 11.6 Å². The van der Waals surface area contributed by atoms with E-state index in [4.69, 9.17) is 26.1 Å². The van der Waals surface area contributed by atoms with Crippen molar-refractivity contribution in [3.8, 4) is 5.88 Å². The highest BCUT2D eigenvalue weighted by molar-refractivity contribution is 6.30. The Labute approximate surface area is 230 Å². The van der Waals surface area contributed by atoms with Crippen LogP contribution in [0, 0.1) is 5.82 Å². The smallest absolute Gasteiger partial charge is 0.337 e. The average molecular weight is 553 g/mol. The number of rotatable bonds is 9. The van der Waals surface area contributed by atoms with Gasteiger partial charge < -0.3 is 23.5 Å². The number of ether oxygens (including phenoxy) is 2. The van der Waals surface area contributed by atoms with Crippen LogP contribution in [0.2, 0.25) is 5.02 Å². The summed E-state index contributed by atoms with van der Waals surface area (Å²) in [6.45, 7) is 4.23. The van der Waals surface area contributed by atoms with Gasteiger partial charge in [0.15, 0.2) is 0 Å². The van der Waals surface area contributed by atoms with Gasteiger partial charge in [-0.25, -0.2) is 14.2 Å². The lowest BCUT2D eigenvalue weighted by molar-refractivity contribution is -0.0591. The molecule has 0 saturated carbocycles. The molecule has 2 aliphatic rings. The number of fused-ring (bicyclic) bond motifs is 1. The van der Waals surface area contributed by atoms with Crippen LogP contribution in [-0.4, -0.2) is 55.7 Å². The highest BCUT2D eigenvalue weighted by Gasteiger charge is 2.26. The molecule has 6 rings (SSSR count). The van der Waals surface area contributed by atoms with Gasteiger partial charge in [-0.05, 0) is 56.6 Å². The Hall–Kier alpha value is -3.40. The van der Waals surface area contributed by atoms with Gasteiger partial charge in [0.2, 0.25) is 5.88 Å². The predicted octanol–water partition coefficient (Wildman–Crippen LogP) is 5.37. The molecule has 2 fully saturated rings. The standard InChI is InChI=1S/C29H30ClFN4O4/c30-22-5-4-20(25(31)13-22)18-39-27-3-1-2-26(32-27)19-6-9-33(10-7-19)15-23-16-34-14-21(29(36)37)12-28(34)35(23)17-24-8-11-38-24/h1-5,12-14,16,19,24H,6-11,15,17-18H2,(H,36,37). The van der Waals surface area contributed by atoms with E-state index < -0.39 is 11.8 Å². The third-order valence-electron chi connectivity index (χ3n) is 7.69. The fourth-order valence-corrected chi connectivity index (χ4v) is 5.55. The molecule has 204 valence electrons. The molecule has 39 heavy (non-hydrogen) atoms. The maximum atomic E-state index is 14.1. The van der Waals surface area contributed by atoms with Crippen molar-refractivity contribution in [1.82, 2.24) is 18.9 Å². The minimum Gasteiger partial charge on any atom is -0.478 e. The van der Waals surface area contributed by atoms with E-state index in [1.165, 1.54) is 6.07 Å². The molecule has 5 heterocycles. The monoisotopic (exact) mass is 552 g/mol. The summed E-state index contributed by atoms with van der Waals surface area (Å²) in [5.74, 6) is -0.510. The van der Waals surface area contributed by atoms with Crippen LogP contribution in [0.5, 0.6) is 5.88 Å². The molecule has 10 heteroatoms. The number of piperidine rings is 1. The number of carboxylic acid groups (broad SMARTS) is 1. The number of imidazole rings is 1. The van der Waals surface area contributed by atoms with Crippen molar-refractivity contribution in [3.05, 3.63) is 88.2 Å². The molecule has 2 aliphatic heterocycles. The van der Waals surface area contributed by atoms with Gasteiger partial charge in [0.25, 0.3) is 0 Å². The quantitative estimate of drug-likeness (QED) is 0.300. The summed E-state index contributed by atoms with van der Waals surface area (Å²) >= 11 is 5.84. The molecule has 8 nitrogen and oxygen atoms in total. The summed E-state index contributed by atoms with van der Waals surface area (Å²) in [4.78, 5) is 18.6. The molecule has 0 amide bonds. The van der Waals surface area contributed by atoms with Gasteiger partial charge in [-0.15, -0.1) is 0 Å². The zero-order valence-corrected chi connectivity index (χ0v) is 22.2. The first-order valence-corrected chi connectivity index (χ1v) is 13.6. The Kier molecular flexibility index (Phi) is 7.29. The fraction of sp³-hybridized carbons (Fsp3) is 0.379. The summed E-state index contributed by atoms with van der Waals surface area (Å²) in [5, 5.41) is 9.77. The lowest BCUT2D eigenvalue weighted by Crippen LogP contribution is -2.35. The predicted molar refractivity (Wildman–Crippen MR) is 144 cm³/mol. The van der Waals surface area contributed by atoms with Crippen molar-refractivity contribution < 1.29 is 23.8 Å². The Bertz CT molecular complexity index is 1490. The van der Waals surface area contributed by atoms with Gasteiger partial charge >= 0.3 is 5.97 Å². The number of aromatic nitrogens is 3. The van der Waals surface area contributed by atoms with Crippen LogP contribution in [0.15, 0.2) is 54.9 Å². The Morgan fingerprint density at radius 1 is 1.15 bits per heavy atom. The number of halogens is 2. The van der Waals surface area contributed by atoms with E-state index in [1.807, 2.05) is 22.7 Å². The zero-order valence-electron chi connectivity index (χ0n) is 21.4. The number of hydrogen-bond donors (Lipinski definition) is 1. The van der Waals surface area contributed by atoms with Crippen molar-refractivity contribution in [2.24, 2.45) is 0 Å². The molecule has 1 atom stereocenters. The number of carbonyl (C=O) groups is 1. The van der Waals surface area contributed by atoms with E-state index in [1.54, 1.807) is 30.5 Å².